The third-order valence-electron chi connectivity index (χ3n) is 3.37. The topological polar surface area (TPSA) is 65.1 Å². The number of nitrogens with one attached hydrogen (secondary N) is 1. The summed E-state index contributed by atoms with van der Waals surface area (Å²) in [7, 11) is 1.73. The standard InChI is InChI=1S/C13H26N4O/c1-5-10-8-11(17(7-3)16-10)9-12(15-14)13(6-2)18-4/h8,12-13,15H,5-7,9,14H2,1-4H3. The fraction of sp³-hybridized carbons (Fsp3) is 0.769. The summed E-state index contributed by atoms with van der Waals surface area (Å²) in [5.41, 5.74) is 5.21. The van der Waals surface area contributed by atoms with Crippen molar-refractivity contribution in [3.05, 3.63) is 17.5 Å². The van der Waals surface area contributed by atoms with Crippen LogP contribution in [0, 0.1) is 0 Å². The van der Waals surface area contributed by atoms with Gasteiger partial charge in [0.15, 0.2) is 0 Å². The highest BCUT2D eigenvalue weighted by Gasteiger charge is 2.20. The zero-order valence-electron chi connectivity index (χ0n) is 11.9. The molecule has 104 valence electrons. The maximum atomic E-state index is 5.64. The van der Waals surface area contributed by atoms with Crippen molar-refractivity contribution in [2.75, 3.05) is 7.11 Å². The van der Waals surface area contributed by atoms with Gasteiger partial charge in [0.1, 0.15) is 0 Å². The lowest BCUT2D eigenvalue weighted by Gasteiger charge is -2.24. The predicted octanol–water partition coefficient (Wildman–Crippen LogP) is 1.26. The number of aryl methyl sites for hydroxylation is 2. The molecule has 0 aromatic carbocycles. The van der Waals surface area contributed by atoms with Gasteiger partial charge >= 0.3 is 0 Å². The van der Waals surface area contributed by atoms with E-state index in [1.165, 1.54) is 5.69 Å². The molecule has 0 radical (unpaired) electrons. The third kappa shape index (κ3) is 3.54. The Bertz CT molecular complexity index is 347. The molecule has 18 heavy (non-hydrogen) atoms. The van der Waals surface area contributed by atoms with E-state index in [0.717, 1.165) is 31.5 Å². The fourth-order valence-electron chi connectivity index (χ4n) is 2.26. The summed E-state index contributed by atoms with van der Waals surface area (Å²) >= 11 is 0. The number of nitrogens with two attached hydrogens (primary N) is 1. The molecule has 5 nitrogen and oxygen atoms in total. The van der Waals surface area contributed by atoms with Gasteiger partial charge in [-0.15, -0.1) is 0 Å². The van der Waals surface area contributed by atoms with Crippen LogP contribution in [0.15, 0.2) is 6.07 Å². The van der Waals surface area contributed by atoms with Gasteiger partial charge in [-0.05, 0) is 25.8 Å². The highest BCUT2D eigenvalue weighted by Crippen LogP contribution is 2.12. The first-order valence-corrected chi connectivity index (χ1v) is 6.74. The molecule has 0 saturated heterocycles. The lowest BCUT2D eigenvalue weighted by atomic mass is 10.0. The Morgan fingerprint density at radius 3 is 2.61 bits per heavy atom. The van der Waals surface area contributed by atoms with Gasteiger partial charge in [0.25, 0.3) is 0 Å². The van der Waals surface area contributed by atoms with Crippen molar-refractivity contribution in [2.45, 2.75) is 58.7 Å². The van der Waals surface area contributed by atoms with E-state index in [2.05, 4.69) is 37.4 Å². The number of methoxy groups -OCH3 is 1. The minimum Gasteiger partial charge on any atom is -0.380 e. The molecule has 0 aliphatic heterocycles. The maximum Gasteiger partial charge on any atom is 0.0738 e. The molecule has 0 spiro atoms. The Hall–Kier alpha value is -0.910. The van der Waals surface area contributed by atoms with Crippen LogP contribution in [-0.2, 0) is 24.1 Å². The summed E-state index contributed by atoms with van der Waals surface area (Å²) in [6.45, 7) is 7.22. The van der Waals surface area contributed by atoms with Crippen molar-refractivity contribution in [3.8, 4) is 0 Å². The number of ether oxygens (including phenoxy) is 1. The van der Waals surface area contributed by atoms with Crippen LogP contribution in [-0.4, -0.2) is 29.0 Å². The van der Waals surface area contributed by atoms with Gasteiger partial charge < -0.3 is 4.74 Å². The van der Waals surface area contributed by atoms with Gasteiger partial charge in [0.2, 0.25) is 0 Å². The van der Waals surface area contributed by atoms with Crippen LogP contribution in [0.3, 0.4) is 0 Å². The Morgan fingerprint density at radius 1 is 1.44 bits per heavy atom. The van der Waals surface area contributed by atoms with Crippen LogP contribution < -0.4 is 11.3 Å². The molecule has 2 unspecified atom stereocenters. The lowest BCUT2D eigenvalue weighted by molar-refractivity contribution is 0.0647. The summed E-state index contributed by atoms with van der Waals surface area (Å²) in [4.78, 5) is 0. The molecular weight excluding hydrogens is 228 g/mol. The second-order valence-corrected chi connectivity index (χ2v) is 4.46. The molecule has 0 amide bonds. The molecule has 1 aromatic heterocycles. The summed E-state index contributed by atoms with van der Waals surface area (Å²) in [6, 6.07) is 2.28. The monoisotopic (exact) mass is 254 g/mol. The van der Waals surface area contributed by atoms with Gasteiger partial charge in [-0.25, -0.2) is 0 Å². The molecule has 5 heteroatoms. The second kappa shape index (κ2) is 7.51. The molecule has 0 aliphatic rings. The van der Waals surface area contributed by atoms with E-state index in [1.54, 1.807) is 7.11 Å². The first-order chi connectivity index (χ1) is 8.69. The van der Waals surface area contributed by atoms with Crippen molar-refractivity contribution in [3.63, 3.8) is 0 Å². The highest BCUT2D eigenvalue weighted by atomic mass is 16.5. The first kappa shape index (κ1) is 15.1. The summed E-state index contributed by atoms with van der Waals surface area (Å²) in [6.07, 6.45) is 2.86. The van der Waals surface area contributed by atoms with E-state index in [0.29, 0.717) is 0 Å². The molecule has 2 atom stereocenters. The van der Waals surface area contributed by atoms with Gasteiger partial charge in [-0.3, -0.25) is 16.0 Å². The smallest absolute Gasteiger partial charge is 0.0738 e. The minimum absolute atomic E-state index is 0.117. The number of nitrogens with zero attached hydrogens (tertiary/aromatic N) is 2. The van der Waals surface area contributed by atoms with Crippen LogP contribution >= 0.6 is 0 Å². The average molecular weight is 254 g/mol. The molecule has 0 saturated carbocycles. The normalized spacial score (nSPS) is 14.7. The fourth-order valence-corrected chi connectivity index (χ4v) is 2.26. The summed E-state index contributed by atoms with van der Waals surface area (Å²) in [5.74, 6) is 5.64. The predicted molar refractivity (Wildman–Crippen MR) is 73.2 cm³/mol. The zero-order chi connectivity index (χ0) is 13.5. The van der Waals surface area contributed by atoms with Crippen LogP contribution in [0.1, 0.15) is 38.6 Å². The SMILES string of the molecule is CCc1cc(CC(NN)C(CC)OC)n(CC)n1. The summed E-state index contributed by atoms with van der Waals surface area (Å²) < 4.78 is 7.51. The van der Waals surface area contributed by atoms with Crippen LogP contribution in [0.5, 0.6) is 0 Å². The Balaban J connectivity index is 2.83. The van der Waals surface area contributed by atoms with Gasteiger partial charge in [-0.2, -0.15) is 5.10 Å². The highest BCUT2D eigenvalue weighted by molar-refractivity contribution is 5.12. The second-order valence-electron chi connectivity index (χ2n) is 4.46. The molecule has 0 aliphatic carbocycles. The van der Waals surface area contributed by atoms with Gasteiger partial charge in [-0.1, -0.05) is 13.8 Å². The Labute approximate surface area is 110 Å². The van der Waals surface area contributed by atoms with E-state index < -0.39 is 0 Å². The van der Waals surface area contributed by atoms with Crippen molar-refractivity contribution in [1.29, 1.82) is 0 Å². The van der Waals surface area contributed by atoms with Gasteiger partial charge in [0, 0.05) is 25.8 Å². The number of hydrazine groups is 1. The molecule has 0 bridgehead atoms. The van der Waals surface area contributed by atoms with Crippen molar-refractivity contribution < 1.29 is 4.74 Å². The van der Waals surface area contributed by atoms with E-state index in [9.17, 15) is 0 Å². The molecule has 1 heterocycles. The molecular formula is C13H26N4O. The number of hydrogen-bond acceptors (Lipinski definition) is 4. The zero-order valence-corrected chi connectivity index (χ0v) is 11.9. The molecule has 0 fully saturated rings. The van der Waals surface area contributed by atoms with Crippen LogP contribution in [0.4, 0.5) is 0 Å². The van der Waals surface area contributed by atoms with Crippen molar-refractivity contribution >= 4 is 0 Å². The number of hydrogen-bond donors (Lipinski definition) is 2. The van der Waals surface area contributed by atoms with Crippen molar-refractivity contribution in [1.82, 2.24) is 15.2 Å². The van der Waals surface area contributed by atoms with E-state index in [4.69, 9.17) is 10.6 Å². The Morgan fingerprint density at radius 2 is 2.17 bits per heavy atom. The average Bonchev–Trinajstić information content (AvgIpc) is 2.81. The minimum atomic E-state index is 0.117. The van der Waals surface area contributed by atoms with E-state index in [1.807, 2.05) is 4.68 Å². The van der Waals surface area contributed by atoms with Crippen LogP contribution in [0.25, 0.3) is 0 Å². The third-order valence-corrected chi connectivity index (χ3v) is 3.37. The largest absolute Gasteiger partial charge is 0.380 e. The number of rotatable bonds is 8. The van der Waals surface area contributed by atoms with Crippen molar-refractivity contribution in [2.24, 2.45) is 5.84 Å². The first-order valence-electron chi connectivity index (χ1n) is 6.74. The molecule has 1 rings (SSSR count). The lowest BCUT2D eigenvalue weighted by Crippen LogP contribution is -2.46. The number of aromatic nitrogens is 2. The maximum absolute atomic E-state index is 5.64. The van der Waals surface area contributed by atoms with Crippen LogP contribution in [0.2, 0.25) is 0 Å². The van der Waals surface area contributed by atoms with Gasteiger partial charge in [0.05, 0.1) is 17.8 Å². The quantitative estimate of drug-likeness (QED) is 0.541. The van der Waals surface area contributed by atoms with E-state index in [-0.39, 0.29) is 12.1 Å². The Kier molecular flexibility index (Phi) is 6.32. The molecule has 3 N–H and O–H groups in total. The summed E-state index contributed by atoms with van der Waals surface area (Å²) in [5, 5.41) is 4.55. The molecule has 1 aromatic rings. The van der Waals surface area contributed by atoms with E-state index >= 15 is 0 Å².